The average molecular weight is 286 g/mol. The monoisotopic (exact) mass is 286 g/mol. The van der Waals surface area contributed by atoms with E-state index in [0.29, 0.717) is 25.1 Å². The van der Waals surface area contributed by atoms with Gasteiger partial charge in [-0.15, -0.1) is 0 Å². The van der Waals surface area contributed by atoms with Crippen LogP contribution in [0.15, 0.2) is 22.8 Å². The van der Waals surface area contributed by atoms with Crippen molar-refractivity contribution < 1.29 is 19.1 Å². The average Bonchev–Trinajstić information content (AvgIpc) is 2.87. The van der Waals surface area contributed by atoms with Crippen LogP contribution in [0.1, 0.15) is 12.2 Å². The van der Waals surface area contributed by atoms with Gasteiger partial charge in [-0.25, -0.2) is 9.59 Å². The molecule has 7 heteroatoms. The third-order valence-corrected chi connectivity index (χ3v) is 3.10. The van der Waals surface area contributed by atoms with Gasteiger partial charge in [0.2, 0.25) is 0 Å². The van der Waals surface area contributed by atoms with Crippen LogP contribution in [0, 0.1) is 0 Å². The van der Waals surface area contributed by atoms with Gasteiger partial charge in [0.25, 0.3) is 0 Å². The molecule has 106 valence electrons. The number of thioether (sulfide) groups is 1. The molecule has 1 aromatic heterocycles. The van der Waals surface area contributed by atoms with Crippen LogP contribution >= 0.6 is 11.8 Å². The van der Waals surface area contributed by atoms with Gasteiger partial charge in [0, 0.05) is 13.0 Å². The Morgan fingerprint density at radius 2 is 2.32 bits per heavy atom. The van der Waals surface area contributed by atoms with E-state index in [-0.39, 0.29) is 0 Å². The number of aliphatic carboxylic acids is 1. The van der Waals surface area contributed by atoms with Crippen molar-refractivity contribution in [2.45, 2.75) is 18.9 Å². The van der Waals surface area contributed by atoms with E-state index < -0.39 is 18.0 Å². The first-order valence-corrected chi connectivity index (χ1v) is 7.31. The van der Waals surface area contributed by atoms with Crippen molar-refractivity contribution in [3.63, 3.8) is 0 Å². The van der Waals surface area contributed by atoms with Crippen molar-refractivity contribution in [2.75, 3.05) is 18.6 Å². The van der Waals surface area contributed by atoms with Crippen molar-refractivity contribution in [1.82, 2.24) is 10.6 Å². The Labute approximate surface area is 115 Å². The molecule has 6 nitrogen and oxygen atoms in total. The van der Waals surface area contributed by atoms with Crippen LogP contribution in [-0.4, -0.2) is 41.7 Å². The first-order valence-electron chi connectivity index (χ1n) is 5.92. The quantitative estimate of drug-likeness (QED) is 0.670. The lowest BCUT2D eigenvalue weighted by Crippen LogP contribution is -2.46. The molecule has 0 saturated carbocycles. The summed E-state index contributed by atoms with van der Waals surface area (Å²) in [6.45, 7) is 0.397. The lowest BCUT2D eigenvalue weighted by molar-refractivity contribution is -0.139. The molecule has 1 heterocycles. The highest BCUT2D eigenvalue weighted by Gasteiger charge is 2.18. The first kappa shape index (κ1) is 15.4. The van der Waals surface area contributed by atoms with E-state index in [2.05, 4.69) is 10.6 Å². The Morgan fingerprint density at radius 1 is 1.53 bits per heavy atom. The summed E-state index contributed by atoms with van der Waals surface area (Å²) in [5.74, 6) is 0.441. The second-order valence-corrected chi connectivity index (χ2v) is 4.89. The topological polar surface area (TPSA) is 91.6 Å². The smallest absolute Gasteiger partial charge is 0.326 e. The zero-order valence-electron chi connectivity index (χ0n) is 10.7. The summed E-state index contributed by atoms with van der Waals surface area (Å²) < 4.78 is 5.12. The molecule has 2 amide bonds. The first-order chi connectivity index (χ1) is 9.13. The highest BCUT2D eigenvalue weighted by molar-refractivity contribution is 7.98. The van der Waals surface area contributed by atoms with E-state index in [1.807, 2.05) is 12.3 Å². The predicted molar refractivity (Wildman–Crippen MR) is 73.4 cm³/mol. The van der Waals surface area contributed by atoms with Gasteiger partial charge in [-0.3, -0.25) is 0 Å². The Hall–Kier alpha value is -1.63. The van der Waals surface area contributed by atoms with Gasteiger partial charge < -0.3 is 20.2 Å². The molecular weight excluding hydrogens is 268 g/mol. The van der Waals surface area contributed by atoms with Gasteiger partial charge in [0.05, 0.1) is 6.26 Å². The van der Waals surface area contributed by atoms with Crippen LogP contribution < -0.4 is 10.6 Å². The minimum atomic E-state index is -1.02. The number of urea groups is 1. The molecule has 1 rings (SSSR count). The van der Waals surface area contributed by atoms with Crippen molar-refractivity contribution in [1.29, 1.82) is 0 Å². The van der Waals surface area contributed by atoms with E-state index in [1.165, 1.54) is 0 Å². The molecule has 0 aromatic carbocycles. The highest BCUT2D eigenvalue weighted by atomic mass is 32.2. The molecule has 3 N–H and O–H groups in total. The zero-order chi connectivity index (χ0) is 14.1. The molecular formula is C12H18N2O4S. The fourth-order valence-electron chi connectivity index (χ4n) is 1.46. The fraction of sp³-hybridized carbons (Fsp3) is 0.500. The maximum absolute atomic E-state index is 11.5. The molecule has 0 spiro atoms. The van der Waals surface area contributed by atoms with Crippen molar-refractivity contribution >= 4 is 23.8 Å². The Balaban J connectivity index is 2.25. The van der Waals surface area contributed by atoms with Crippen LogP contribution in [0.5, 0.6) is 0 Å². The van der Waals surface area contributed by atoms with E-state index in [4.69, 9.17) is 9.52 Å². The van der Waals surface area contributed by atoms with Crippen LogP contribution in [0.25, 0.3) is 0 Å². The minimum absolute atomic E-state index is 0.397. The van der Waals surface area contributed by atoms with Crippen molar-refractivity contribution in [3.05, 3.63) is 24.2 Å². The second-order valence-electron chi connectivity index (χ2n) is 3.90. The van der Waals surface area contributed by atoms with Crippen molar-refractivity contribution in [3.8, 4) is 0 Å². The van der Waals surface area contributed by atoms with Gasteiger partial charge in [0.1, 0.15) is 11.8 Å². The number of hydrogen-bond acceptors (Lipinski definition) is 4. The summed E-state index contributed by atoms with van der Waals surface area (Å²) in [6.07, 6.45) is 4.44. The molecule has 1 aromatic rings. The molecule has 0 aliphatic heterocycles. The number of rotatable bonds is 8. The molecule has 0 radical (unpaired) electrons. The molecule has 1 unspecified atom stereocenters. The zero-order valence-corrected chi connectivity index (χ0v) is 11.5. The Morgan fingerprint density at radius 3 is 2.89 bits per heavy atom. The van der Waals surface area contributed by atoms with Crippen molar-refractivity contribution in [2.24, 2.45) is 0 Å². The number of hydrogen-bond donors (Lipinski definition) is 3. The van der Waals surface area contributed by atoms with Crippen LogP contribution in [0.3, 0.4) is 0 Å². The largest absolute Gasteiger partial charge is 0.480 e. The van der Waals surface area contributed by atoms with E-state index in [1.54, 1.807) is 24.1 Å². The van der Waals surface area contributed by atoms with Crippen LogP contribution in [0.2, 0.25) is 0 Å². The summed E-state index contributed by atoms with van der Waals surface area (Å²) in [5, 5.41) is 14.0. The number of carboxylic acid groups (broad SMARTS) is 1. The normalized spacial score (nSPS) is 11.8. The van der Waals surface area contributed by atoms with Gasteiger partial charge in [0.15, 0.2) is 0 Å². The number of nitrogens with one attached hydrogen (secondary N) is 2. The van der Waals surface area contributed by atoms with E-state index in [0.717, 1.165) is 5.76 Å². The number of carbonyl (C=O) groups is 2. The molecule has 0 aliphatic carbocycles. The van der Waals surface area contributed by atoms with Gasteiger partial charge in [-0.05, 0) is 30.6 Å². The SMILES string of the molecule is CSCCC(NC(=O)NCCc1ccco1)C(=O)O. The standard InChI is InChI=1S/C12H18N2O4S/c1-19-8-5-10(11(15)16)14-12(17)13-6-4-9-3-2-7-18-9/h2-3,7,10H,4-6,8H2,1H3,(H,15,16)(H2,13,14,17). The summed E-state index contributed by atoms with van der Waals surface area (Å²) in [6, 6.07) is 2.27. The van der Waals surface area contributed by atoms with E-state index >= 15 is 0 Å². The summed E-state index contributed by atoms with van der Waals surface area (Å²) in [7, 11) is 0. The van der Waals surface area contributed by atoms with Gasteiger partial charge in [-0.2, -0.15) is 11.8 Å². The highest BCUT2D eigenvalue weighted by Crippen LogP contribution is 2.01. The van der Waals surface area contributed by atoms with Gasteiger partial charge in [-0.1, -0.05) is 0 Å². The Kier molecular flexibility index (Phi) is 6.88. The maximum atomic E-state index is 11.5. The number of amides is 2. The third kappa shape index (κ3) is 6.19. The second kappa shape index (κ2) is 8.47. The van der Waals surface area contributed by atoms with Gasteiger partial charge >= 0.3 is 12.0 Å². The molecule has 0 bridgehead atoms. The van der Waals surface area contributed by atoms with Crippen LogP contribution in [0.4, 0.5) is 4.79 Å². The minimum Gasteiger partial charge on any atom is -0.480 e. The molecule has 0 fully saturated rings. The summed E-state index contributed by atoms with van der Waals surface area (Å²) in [4.78, 5) is 22.5. The number of furan rings is 1. The van der Waals surface area contributed by atoms with E-state index in [9.17, 15) is 9.59 Å². The molecule has 19 heavy (non-hydrogen) atoms. The molecule has 1 atom stereocenters. The lowest BCUT2D eigenvalue weighted by Gasteiger charge is -2.14. The molecule has 0 saturated heterocycles. The predicted octanol–water partition coefficient (Wildman–Crippen LogP) is 1.33. The summed E-state index contributed by atoms with van der Waals surface area (Å²) in [5.41, 5.74) is 0. The van der Waals surface area contributed by atoms with Crippen LogP contribution in [-0.2, 0) is 11.2 Å². The summed E-state index contributed by atoms with van der Waals surface area (Å²) >= 11 is 1.54. The Bertz CT molecular complexity index is 394. The number of carbonyl (C=O) groups excluding carboxylic acids is 1. The maximum Gasteiger partial charge on any atom is 0.326 e. The number of carboxylic acids is 1. The lowest BCUT2D eigenvalue weighted by atomic mass is 10.2. The molecule has 0 aliphatic rings. The third-order valence-electron chi connectivity index (χ3n) is 2.45. The fourth-order valence-corrected chi connectivity index (χ4v) is 1.93.